The molecule has 0 fully saturated rings. The number of carboxylic acids is 1. The number of nitrogens with one attached hydrogen (secondary N) is 1. The standard InChI is InChI=1S/C13H19NO4/c1-8-9(2)13(18-4)10(7-11(8)17-3)14-6-5-12(15)16/h7,14H,5-6H2,1-4H3,(H,15,16). The molecule has 1 aromatic carbocycles. The zero-order chi connectivity index (χ0) is 13.7. The first-order chi connectivity index (χ1) is 8.51. The zero-order valence-electron chi connectivity index (χ0n) is 11.2. The Bertz CT molecular complexity index is 443. The quantitative estimate of drug-likeness (QED) is 0.813. The summed E-state index contributed by atoms with van der Waals surface area (Å²) in [6.07, 6.45) is 0.0540. The molecule has 0 radical (unpaired) electrons. The van der Waals surface area contributed by atoms with Crippen LogP contribution in [0.25, 0.3) is 0 Å². The second-order valence-electron chi connectivity index (χ2n) is 3.98. The van der Waals surface area contributed by atoms with Crippen LogP contribution in [0.1, 0.15) is 17.5 Å². The van der Waals surface area contributed by atoms with Gasteiger partial charge in [-0.15, -0.1) is 0 Å². The Balaban J connectivity index is 3.01. The second kappa shape index (κ2) is 6.14. The molecule has 0 unspecified atom stereocenters. The molecule has 18 heavy (non-hydrogen) atoms. The van der Waals surface area contributed by atoms with Crippen molar-refractivity contribution in [3.63, 3.8) is 0 Å². The van der Waals surface area contributed by atoms with Crippen LogP contribution in [0, 0.1) is 13.8 Å². The summed E-state index contributed by atoms with van der Waals surface area (Å²) in [5.41, 5.74) is 2.74. The van der Waals surface area contributed by atoms with Crippen molar-refractivity contribution in [2.24, 2.45) is 0 Å². The van der Waals surface area contributed by atoms with Gasteiger partial charge in [-0.05, 0) is 25.0 Å². The number of benzene rings is 1. The minimum atomic E-state index is -0.836. The highest BCUT2D eigenvalue weighted by Crippen LogP contribution is 2.36. The molecule has 2 N–H and O–H groups in total. The highest BCUT2D eigenvalue weighted by molar-refractivity contribution is 5.69. The third-order valence-corrected chi connectivity index (χ3v) is 2.87. The average Bonchev–Trinajstić information content (AvgIpc) is 2.33. The van der Waals surface area contributed by atoms with Crippen molar-refractivity contribution >= 4 is 11.7 Å². The van der Waals surface area contributed by atoms with E-state index in [2.05, 4.69) is 5.32 Å². The molecule has 0 heterocycles. The molecule has 0 atom stereocenters. The van der Waals surface area contributed by atoms with Crippen molar-refractivity contribution in [2.45, 2.75) is 20.3 Å². The van der Waals surface area contributed by atoms with E-state index in [1.807, 2.05) is 19.9 Å². The van der Waals surface area contributed by atoms with E-state index in [-0.39, 0.29) is 6.42 Å². The van der Waals surface area contributed by atoms with Gasteiger partial charge in [0.2, 0.25) is 0 Å². The molecule has 0 aliphatic carbocycles. The van der Waals surface area contributed by atoms with Crippen molar-refractivity contribution in [1.82, 2.24) is 0 Å². The van der Waals surface area contributed by atoms with Gasteiger partial charge in [-0.3, -0.25) is 4.79 Å². The SMILES string of the molecule is COc1cc(NCCC(=O)O)c(OC)c(C)c1C. The maximum absolute atomic E-state index is 10.5. The second-order valence-corrected chi connectivity index (χ2v) is 3.98. The van der Waals surface area contributed by atoms with Gasteiger partial charge in [-0.1, -0.05) is 0 Å². The van der Waals surface area contributed by atoms with Gasteiger partial charge in [0.25, 0.3) is 0 Å². The molecule has 0 saturated heterocycles. The van der Waals surface area contributed by atoms with E-state index in [1.165, 1.54) is 0 Å². The van der Waals surface area contributed by atoms with E-state index in [0.29, 0.717) is 6.54 Å². The fourth-order valence-electron chi connectivity index (χ4n) is 1.77. The van der Waals surface area contributed by atoms with Gasteiger partial charge in [0.1, 0.15) is 11.5 Å². The van der Waals surface area contributed by atoms with E-state index >= 15 is 0 Å². The highest BCUT2D eigenvalue weighted by Gasteiger charge is 2.13. The zero-order valence-corrected chi connectivity index (χ0v) is 11.2. The Morgan fingerprint density at radius 1 is 1.28 bits per heavy atom. The van der Waals surface area contributed by atoms with Gasteiger partial charge in [0, 0.05) is 12.6 Å². The lowest BCUT2D eigenvalue weighted by atomic mass is 10.1. The van der Waals surface area contributed by atoms with Crippen LogP contribution in [-0.2, 0) is 4.79 Å². The van der Waals surface area contributed by atoms with Gasteiger partial charge >= 0.3 is 5.97 Å². The molecule has 5 nitrogen and oxygen atoms in total. The Hall–Kier alpha value is -1.91. The molecule has 0 bridgehead atoms. The number of anilines is 1. The molecule has 100 valence electrons. The van der Waals surface area contributed by atoms with E-state index in [4.69, 9.17) is 14.6 Å². The molecule has 0 aliphatic heterocycles. The monoisotopic (exact) mass is 253 g/mol. The molecule has 0 amide bonds. The average molecular weight is 253 g/mol. The van der Waals surface area contributed by atoms with Crippen molar-refractivity contribution in [2.75, 3.05) is 26.1 Å². The molecule has 0 spiro atoms. The summed E-state index contributed by atoms with van der Waals surface area (Å²) in [4.78, 5) is 10.5. The van der Waals surface area contributed by atoms with E-state index in [1.54, 1.807) is 14.2 Å². The van der Waals surface area contributed by atoms with E-state index < -0.39 is 5.97 Å². The summed E-state index contributed by atoms with van der Waals surface area (Å²) < 4.78 is 10.6. The number of aliphatic carboxylic acids is 1. The van der Waals surface area contributed by atoms with Gasteiger partial charge in [-0.25, -0.2) is 0 Å². The highest BCUT2D eigenvalue weighted by atomic mass is 16.5. The van der Waals surface area contributed by atoms with E-state index in [0.717, 1.165) is 28.3 Å². The summed E-state index contributed by atoms with van der Waals surface area (Å²) in [6.45, 7) is 4.24. The number of carbonyl (C=O) groups is 1. The van der Waals surface area contributed by atoms with Crippen LogP contribution in [-0.4, -0.2) is 31.8 Å². The number of hydrogen-bond acceptors (Lipinski definition) is 4. The molecule has 0 aliphatic rings. The number of methoxy groups -OCH3 is 2. The summed E-state index contributed by atoms with van der Waals surface area (Å²) in [6, 6.07) is 1.82. The van der Waals surface area contributed by atoms with Gasteiger partial charge < -0.3 is 19.9 Å². The molecular formula is C13H19NO4. The fourth-order valence-corrected chi connectivity index (χ4v) is 1.77. The van der Waals surface area contributed by atoms with Gasteiger partial charge in [-0.2, -0.15) is 0 Å². The molecule has 1 rings (SSSR count). The van der Waals surface area contributed by atoms with Crippen LogP contribution < -0.4 is 14.8 Å². The Morgan fingerprint density at radius 3 is 2.44 bits per heavy atom. The molecule has 1 aromatic rings. The first kappa shape index (κ1) is 14.2. The predicted molar refractivity (Wildman–Crippen MR) is 69.8 cm³/mol. The fraction of sp³-hybridized carbons (Fsp3) is 0.462. The lowest BCUT2D eigenvalue weighted by molar-refractivity contribution is -0.136. The number of hydrogen-bond donors (Lipinski definition) is 2. The normalized spacial score (nSPS) is 10.0. The number of ether oxygens (including phenoxy) is 2. The summed E-state index contributed by atoms with van der Waals surface area (Å²) >= 11 is 0. The van der Waals surface area contributed by atoms with Crippen LogP contribution in [0.4, 0.5) is 5.69 Å². The summed E-state index contributed by atoms with van der Waals surface area (Å²) in [5, 5.41) is 11.7. The van der Waals surface area contributed by atoms with Gasteiger partial charge in [0.15, 0.2) is 0 Å². The lowest BCUT2D eigenvalue weighted by Crippen LogP contribution is -2.09. The molecule has 0 saturated carbocycles. The van der Waals surface area contributed by atoms with E-state index in [9.17, 15) is 4.79 Å². The number of carboxylic acid groups (broad SMARTS) is 1. The maximum Gasteiger partial charge on any atom is 0.305 e. The van der Waals surface area contributed by atoms with Crippen LogP contribution in [0.15, 0.2) is 6.07 Å². The Kier molecular flexibility index (Phi) is 4.83. The summed E-state index contributed by atoms with van der Waals surface area (Å²) in [7, 11) is 3.20. The topological polar surface area (TPSA) is 67.8 Å². The largest absolute Gasteiger partial charge is 0.496 e. The minimum Gasteiger partial charge on any atom is -0.496 e. The lowest BCUT2D eigenvalue weighted by Gasteiger charge is -2.17. The minimum absolute atomic E-state index is 0.0540. The van der Waals surface area contributed by atoms with Crippen LogP contribution in [0.5, 0.6) is 11.5 Å². The number of rotatable bonds is 6. The van der Waals surface area contributed by atoms with Crippen molar-refractivity contribution < 1.29 is 19.4 Å². The molecule has 0 aromatic heterocycles. The Labute approximate surface area is 107 Å². The van der Waals surface area contributed by atoms with Gasteiger partial charge in [0.05, 0.1) is 26.3 Å². The molecular weight excluding hydrogens is 234 g/mol. The van der Waals surface area contributed by atoms with Crippen LogP contribution >= 0.6 is 0 Å². The third kappa shape index (κ3) is 3.06. The first-order valence-electron chi connectivity index (χ1n) is 5.69. The Morgan fingerprint density at radius 2 is 1.94 bits per heavy atom. The smallest absolute Gasteiger partial charge is 0.305 e. The predicted octanol–water partition coefficient (Wildman–Crippen LogP) is 2.21. The third-order valence-electron chi connectivity index (χ3n) is 2.87. The summed E-state index contributed by atoms with van der Waals surface area (Å²) in [5.74, 6) is 0.641. The van der Waals surface area contributed by atoms with Crippen molar-refractivity contribution in [1.29, 1.82) is 0 Å². The molecule has 5 heteroatoms. The maximum atomic E-state index is 10.5. The van der Waals surface area contributed by atoms with Crippen LogP contribution in [0.3, 0.4) is 0 Å². The van der Waals surface area contributed by atoms with Crippen molar-refractivity contribution in [3.05, 3.63) is 17.2 Å². The van der Waals surface area contributed by atoms with Crippen LogP contribution in [0.2, 0.25) is 0 Å². The van der Waals surface area contributed by atoms with Crippen molar-refractivity contribution in [3.8, 4) is 11.5 Å². The first-order valence-corrected chi connectivity index (χ1v) is 5.69.